The van der Waals surface area contributed by atoms with Gasteiger partial charge in [-0.3, -0.25) is 4.57 Å². The molecule has 3 nitrogen and oxygen atoms in total. The molecule has 0 bridgehead atoms. The van der Waals surface area contributed by atoms with Crippen molar-refractivity contribution in [2.75, 3.05) is 14.2 Å². The first kappa shape index (κ1) is 11.8. The van der Waals surface area contributed by atoms with Gasteiger partial charge in [-0.1, -0.05) is 13.0 Å². The molecule has 0 aliphatic heterocycles. The Hall–Kier alpha value is -0.240. The van der Waals surface area contributed by atoms with Gasteiger partial charge in [0.1, 0.15) is 0 Å². The Balaban J connectivity index is 3.75. The van der Waals surface area contributed by atoms with Gasteiger partial charge >= 0.3 is 0 Å². The second kappa shape index (κ2) is 7.41. The molecule has 0 amide bonds. The first-order valence-electron chi connectivity index (χ1n) is 3.79. The molecule has 1 atom stereocenters. The molecule has 12 heavy (non-hydrogen) atoms. The minimum Gasteiger partial charge on any atom is -0.356 e. The number of ether oxygens (including phenoxy) is 2. The van der Waals surface area contributed by atoms with Crippen LogP contribution in [0.4, 0.5) is 0 Å². The second-order valence-corrected chi connectivity index (χ2v) is 3.05. The highest BCUT2D eigenvalue weighted by molar-refractivity contribution is 7.27. The van der Waals surface area contributed by atoms with E-state index in [1.165, 1.54) is 0 Å². The third-order valence-corrected chi connectivity index (χ3v) is 1.94. The maximum absolute atomic E-state index is 10.0. The average Bonchev–Trinajstić information content (AvgIpc) is 2.07. The number of allylic oxidation sites excluding steroid dienone is 1. The summed E-state index contributed by atoms with van der Waals surface area (Å²) in [6, 6.07) is 0. The van der Waals surface area contributed by atoms with Crippen molar-refractivity contribution >= 4 is 8.46 Å². The van der Waals surface area contributed by atoms with E-state index in [-0.39, 0.29) is 20.7 Å². The molecular weight excluding hydrogens is 175 g/mol. The van der Waals surface area contributed by atoms with Crippen LogP contribution in [-0.2, 0) is 14.0 Å². The van der Waals surface area contributed by atoms with Gasteiger partial charge in [-0.05, 0) is 6.42 Å². The molecule has 4 heteroatoms. The van der Waals surface area contributed by atoms with Gasteiger partial charge in [0, 0.05) is 26.0 Å². The Morgan fingerprint density at radius 1 is 1.42 bits per heavy atom. The van der Waals surface area contributed by atoms with Crippen molar-refractivity contribution in [3.63, 3.8) is 0 Å². The Morgan fingerprint density at radius 3 is 2.42 bits per heavy atom. The van der Waals surface area contributed by atoms with E-state index in [2.05, 4.69) is 0 Å². The summed E-state index contributed by atoms with van der Waals surface area (Å²) in [6.45, 7) is 2.02. The van der Waals surface area contributed by atoms with E-state index in [4.69, 9.17) is 9.47 Å². The molecule has 0 aromatic rings. The predicted molar refractivity (Wildman–Crippen MR) is 48.3 cm³/mol. The standard InChI is InChI=1S/C8H15O3P/c1-7(5-4-6-12-9)8(10-2)11-3/h4,6-8H,5H2,1-3H3. The molecule has 0 aromatic heterocycles. The van der Waals surface area contributed by atoms with Crippen LogP contribution >= 0.6 is 8.46 Å². The van der Waals surface area contributed by atoms with E-state index >= 15 is 0 Å². The fraction of sp³-hybridized carbons (Fsp3) is 0.750. The Bertz CT molecular complexity index is 143. The first-order valence-corrected chi connectivity index (χ1v) is 4.67. The first-order chi connectivity index (χ1) is 5.76. The molecule has 0 rings (SSSR count). The van der Waals surface area contributed by atoms with Gasteiger partial charge in [0.05, 0.1) is 0 Å². The zero-order valence-electron chi connectivity index (χ0n) is 7.69. The van der Waals surface area contributed by atoms with E-state index in [0.29, 0.717) is 0 Å². The quantitative estimate of drug-likeness (QED) is 0.476. The molecule has 0 spiro atoms. The lowest BCUT2D eigenvalue weighted by molar-refractivity contribution is -0.132. The third-order valence-electron chi connectivity index (χ3n) is 1.60. The predicted octanol–water partition coefficient (Wildman–Crippen LogP) is 2.44. The Kier molecular flexibility index (Phi) is 7.26. The minimum absolute atomic E-state index is 0.0492. The van der Waals surface area contributed by atoms with Crippen molar-refractivity contribution in [3.8, 4) is 0 Å². The van der Waals surface area contributed by atoms with Crippen LogP contribution in [0.1, 0.15) is 13.3 Å². The molecule has 0 aromatic carbocycles. The SMILES string of the molecule is COC(OC)C(C)CC=CP=O. The highest BCUT2D eigenvalue weighted by Gasteiger charge is 2.13. The second-order valence-electron chi connectivity index (χ2n) is 2.54. The summed E-state index contributed by atoms with van der Waals surface area (Å²) in [4.78, 5) is 0. The van der Waals surface area contributed by atoms with Crippen LogP contribution in [-0.4, -0.2) is 20.5 Å². The monoisotopic (exact) mass is 190 g/mol. The van der Waals surface area contributed by atoms with Gasteiger partial charge in [0.2, 0.25) is 0 Å². The maximum Gasteiger partial charge on any atom is 0.183 e. The minimum atomic E-state index is -0.182. The molecular formula is C8H15O3P. The van der Waals surface area contributed by atoms with Crippen LogP contribution in [0.3, 0.4) is 0 Å². The highest BCUT2D eigenvalue weighted by atomic mass is 31.1. The van der Waals surface area contributed by atoms with Crippen LogP contribution in [0.5, 0.6) is 0 Å². The van der Waals surface area contributed by atoms with E-state index in [0.717, 1.165) is 6.42 Å². The molecule has 0 radical (unpaired) electrons. The fourth-order valence-electron chi connectivity index (χ4n) is 0.990. The number of methoxy groups -OCH3 is 2. The van der Waals surface area contributed by atoms with Crippen molar-refractivity contribution < 1.29 is 14.0 Å². The summed E-state index contributed by atoms with van der Waals surface area (Å²) in [5.74, 6) is 1.86. The average molecular weight is 190 g/mol. The van der Waals surface area contributed by atoms with Crippen LogP contribution in [0, 0.1) is 5.92 Å². The molecule has 1 unspecified atom stereocenters. The normalized spacial score (nSPS) is 14.7. The molecule has 0 heterocycles. The summed E-state index contributed by atoms with van der Waals surface area (Å²) in [6.07, 6.45) is 2.48. The van der Waals surface area contributed by atoms with E-state index in [1.54, 1.807) is 20.0 Å². The Morgan fingerprint density at radius 2 is 2.00 bits per heavy atom. The highest BCUT2D eigenvalue weighted by Crippen LogP contribution is 2.13. The topological polar surface area (TPSA) is 35.5 Å². The zero-order chi connectivity index (χ0) is 9.40. The summed E-state index contributed by atoms with van der Waals surface area (Å²) >= 11 is 0. The van der Waals surface area contributed by atoms with Crippen LogP contribution in [0.25, 0.3) is 0 Å². The number of hydrogen-bond donors (Lipinski definition) is 0. The third kappa shape index (κ3) is 4.60. The van der Waals surface area contributed by atoms with E-state index < -0.39 is 0 Å². The largest absolute Gasteiger partial charge is 0.356 e. The van der Waals surface area contributed by atoms with Gasteiger partial charge in [0.15, 0.2) is 14.8 Å². The van der Waals surface area contributed by atoms with Gasteiger partial charge in [0.25, 0.3) is 0 Å². The number of rotatable bonds is 6. The van der Waals surface area contributed by atoms with Gasteiger partial charge in [-0.15, -0.1) is 0 Å². The lowest BCUT2D eigenvalue weighted by Gasteiger charge is -2.19. The van der Waals surface area contributed by atoms with Gasteiger partial charge < -0.3 is 9.47 Å². The van der Waals surface area contributed by atoms with E-state index in [1.807, 2.05) is 13.0 Å². The summed E-state index contributed by atoms with van der Waals surface area (Å²) in [7, 11) is 3.27. The number of hydrogen-bond acceptors (Lipinski definition) is 3. The van der Waals surface area contributed by atoms with Crippen LogP contribution in [0.15, 0.2) is 11.9 Å². The molecule has 0 aliphatic carbocycles. The van der Waals surface area contributed by atoms with Crippen molar-refractivity contribution in [2.24, 2.45) is 5.92 Å². The summed E-state index contributed by atoms with van der Waals surface area (Å²) in [5.41, 5.74) is 0. The van der Waals surface area contributed by atoms with Crippen molar-refractivity contribution in [2.45, 2.75) is 19.6 Å². The zero-order valence-corrected chi connectivity index (χ0v) is 8.58. The Labute approximate surface area is 75.0 Å². The van der Waals surface area contributed by atoms with Gasteiger partial charge in [-0.2, -0.15) is 0 Å². The van der Waals surface area contributed by atoms with E-state index in [9.17, 15) is 4.57 Å². The lowest BCUT2D eigenvalue weighted by atomic mass is 10.1. The lowest BCUT2D eigenvalue weighted by Crippen LogP contribution is -2.21. The molecule has 0 saturated carbocycles. The van der Waals surface area contributed by atoms with Crippen molar-refractivity contribution in [3.05, 3.63) is 11.9 Å². The van der Waals surface area contributed by atoms with Crippen molar-refractivity contribution in [1.29, 1.82) is 0 Å². The van der Waals surface area contributed by atoms with Gasteiger partial charge in [-0.25, -0.2) is 0 Å². The molecule has 0 saturated heterocycles. The van der Waals surface area contributed by atoms with Crippen LogP contribution in [0.2, 0.25) is 0 Å². The fourth-order valence-corrected chi connectivity index (χ4v) is 1.20. The summed E-state index contributed by atoms with van der Waals surface area (Å²) < 4.78 is 20.2. The molecule has 0 aliphatic rings. The molecule has 70 valence electrons. The van der Waals surface area contributed by atoms with Crippen LogP contribution < -0.4 is 0 Å². The maximum atomic E-state index is 10.0. The molecule has 0 fully saturated rings. The smallest absolute Gasteiger partial charge is 0.183 e. The summed E-state index contributed by atoms with van der Waals surface area (Å²) in [5, 5.41) is 0. The van der Waals surface area contributed by atoms with Crippen molar-refractivity contribution in [1.82, 2.24) is 0 Å². The molecule has 0 N–H and O–H groups in total.